The van der Waals surface area contributed by atoms with Crippen LogP contribution in [0.1, 0.15) is 114 Å². The second-order valence-electron chi connectivity index (χ2n) is 21.2. The van der Waals surface area contributed by atoms with E-state index in [2.05, 4.69) is 96.0 Å². The lowest BCUT2D eigenvalue weighted by Gasteiger charge is -2.71. The van der Waals surface area contributed by atoms with Crippen LogP contribution in [0.15, 0.2) is 60.7 Å². The summed E-state index contributed by atoms with van der Waals surface area (Å²) in [6.07, 6.45) is 13.1. The van der Waals surface area contributed by atoms with Gasteiger partial charge < -0.3 is 20.3 Å². The maximum atomic E-state index is 13.6. The number of fused-ring (bicyclic) bond motifs is 3. The highest BCUT2D eigenvalue weighted by molar-refractivity contribution is 5.73. The molecule has 0 amide bonds. The molecule has 0 unspecified atom stereocenters. The van der Waals surface area contributed by atoms with Gasteiger partial charge in [0.05, 0.1) is 49.3 Å². The molecular weight excluding hydrogens is 725 g/mol. The molecule has 58 heavy (non-hydrogen) atoms. The summed E-state index contributed by atoms with van der Waals surface area (Å²) >= 11 is 0. The van der Waals surface area contributed by atoms with Gasteiger partial charge in [-0.05, 0) is 116 Å². The van der Waals surface area contributed by atoms with Crippen LogP contribution in [-0.4, -0.2) is 67.3 Å². The fourth-order valence-electron chi connectivity index (χ4n) is 13.5. The molecule has 8 rings (SSSR count). The van der Waals surface area contributed by atoms with Crippen molar-refractivity contribution in [1.29, 1.82) is 0 Å². The number of ether oxygens (including phenoxy) is 2. The Bertz CT molecular complexity index is 2050. The summed E-state index contributed by atoms with van der Waals surface area (Å²) in [7, 11) is 0. The quantitative estimate of drug-likeness (QED) is 0.192. The summed E-state index contributed by atoms with van der Waals surface area (Å²) in [5.74, 6) is 1.21. The third-order valence-electron chi connectivity index (χ3n) is 17.8. The monoisotopic (exact) mass is 793 g/mol. The number of nitrogens with two attached hydrogens (primary N) is 1. The lowest BCUT2D eigenvalue weighted by molar-refractivity contribution is -0.252. The van der Waals surface area contributed by atoms with Crippen LogP contribution in [0.2, 0.25) is 0 Å². The van der Waals surface area contributed by atoms with Gasteiger partial charge in [-0.25, -0.2) is 9.67 Å². The van der Waals surface area contributed by atoms with Gasteiger partial charge in [-0.1, -0.05) is 80.0 Å². The van der Waals surface area contributed by atoms with Crippen molar-refractivity contribution >= 4 is 5.97 Å². The molecule has 0 aromatic carbocycles. The van der Waals surface area contributed by atoms with Crippen LogP contribution in [-0.2, 0) is 14.3 Å². The molecule has 4 heterocycles. The number of aromatic nitrogens is 5. The van der Waals surface area contributed by atoms with Gasteiger partial charge in [-0.15, -0.1) is 0 Å². The van der Waals surface area contributed by atoms with E-state index in [-0.39, 0.29) is 51.1 Å². The maximum absolute atomic E-state index is 13.6. The second kappa shape index (κ2) is 14.3. The molecule has 5 aliphatic rings. The smallest absolute Gasteiger partial charge is 0.307 e. The van der Waals surface area contributed by atoms with E-state index < -0.39 is 17.4 Å². The number of hydrogen-bond donors (Lipinski definition) is 2. The molecule has 3 aromatic rings. The van der Waals surface area contributed by atoms with Gasteiger partial charge in [-0.2, -0.15) is 5.10 Å². The van der Waals surface area contributed by atoms with E-state index in [0.717, 1.165) is 61.3 Å². The minimum Gasteiger partial charge on any atom is -0.481 e. The highest BCUT2D eigenvalue weighted by atomic mass is 16.5. The number of carboxylic acid groups (broad SMARTS) is 1. The topological polar surface area (TPSA) is 138 Å². The first kappa shape index (κ1) is 41.3. The van der Waals surface area contributed by atoms with Crippen LogP contribution in [0.3, 0.4) is 0 Å². The van der Waals surface area contributed by atoms with Crippen molar-refractivity contribution < 1.29 is 19.4 Å². The molecule has 314 valence electrons. The van der Waals surface area contributed by atoms with Crippen LogP contribution in [0.5, 0.6) is 0 Å². The van der Waals surface area contributed by atoms with Crippen molar-refractivity contribution in [3.05, 3.63) is 60.7 Å². The van der Waals surface area contributed by atoms with Crippen molar-refractivity contribution in [2.75, 3.05) is 19.8 Å². The van der Waals surface area contributed by atoms with Crippen molar-refractivity contribution in [1.82, 2.24) is 24.7 Å². The summed E-state index contributed by atoms with van der Waals surface area (Å²) in [5, 5.41) is 16.3. The lowest BCUT2D eigenvalue weighted by Crippen LogP contribution is -2.69. The molecule has 2 bridgehead atoms. The Labute approximate surface area is 346 Å². The number of aliphatic carboxylic acids is 1. The summed E-state index contributed by atoms with van der Waals surface area (Å²) in [5.41, 5.74) is 8.96. The highest BCUT2D eigenvalue weighted by Crippen LogP contribution is 2.75. The molecule has 10 nitrogen and oxygen atoms in total. The van der Waals surface area contributed by atoms with Gasteiger partial charge >= 0.3 is 5.97 Å². The Morgan fingerprint density at radius 2 is 1.76 bits per heavy atom. The van der Waals surface area contributed by atoms with Gasteiger partial charge in [0, 0.05) is 34.3 Å². The molecule has 0 radical (unpaired) electrons. The number of nitrogens with zero attached hydrogens (tertiary/aromatic N) is 5. The zero-order valence-corrected chi connectivity index (χ0v) is 36.7. The first-order valence-corrected chi connectivity index (χ1v) is 22.0. The molecule has 3 N–H and O–H groups in total. The van der Waals surface area contributed by atoms with E-state index in [9.17, 15) is 9.90 Å². The number of carboxylic acids is 1. The fourth-order valence-corrected chi connectivity index (χ4v) is 13.5. The molecule has 1 aliphatic heterocycles. The standard InChI is InChI=1S/C48H68N6O4/c1-29(2)31(5)43(6)19-20-45(8)33-14-15-38-44(7)25-57-27-48(38,34(33)16-18-46(45,9)39(43)42(55)56)24-37(40(44)58-26-47(10,49)30(3)4)54-41(52-28-53-54)32-17-22-51-36(23-32)35-13-11-12-21-50-35/h11-13,16-17,21-23,28-31,33,37-40H,14-15,18-20,24-27,49H2,1-10H3,(H,55,56)/t31-,33+,37-,38+,39-,40+,43-,44-,45-,46+,47+,48+/m1/s1. The van der Waals surface area contributed by atoms with Crippen molar-refractivity contribution in [2.45, 2.75) is 125 Å². The van der Waals surface area contributed by atoms with Crippen LogP contribution in [0, 0.1) is 62.6 Å². The van der Waals surface area contributed by atoms with E-state index in [1.807, 2.05) is 30.5 Å². The Hall–Kier alpha value is -3.47. The Morgan fingerprint density at radius 3 is 2.45 bits per heavy atom. The average molecular weight is 793 g/mol. The maximum Gasteiger partial charge on any atom is 0.307 e. The number of carbonyl (C=O) groups is 1. The zero-order chi connectivity index (χ0) is 41.6. The van der Waals surface area contributed by atoms with Gasteiger partial charge in [0.1, 0.15) is 6.33 Å². The molecule has 4 aliphatic carbocycles. The molecule has 3 saturated carbocycles. The van der Waals surface area contributed by atoms with E-state index in [0.29, 0.717) is 37.6 Å². The SMILES string of the molecule is CC(C)[C@@H](C)[C@@]1(C)CC[C@]2(C)[C@H]3CC[C@@H]4[C@@]5(COC[C@@]4(C)[C@@H](OC[C@](C)(N)C(C)C)[C@H](n4ncnc4-c4ccnc(-c6ccccn6)c4)C5)C3=CC[C@@]2(C)[C@@H]1C(=O)O. The number of rotatable bonds is 10. The predicted molar refractivity (Wildman–Crippen MR) is 226 cm³/mol. The Kier molecular flexibility index (Phi) is 10.2. The minimum absolute atomic E-state index is 0.161. The third kappa shape index (κ3) is 6.00. The van der Waals surface area contributed by atoms with Crippen molar-refractivity contribution in [2.24, 2.45) is 68.3 Å². The number of pyridine rings is 2. The van der Waals surface area contributed by atoms with Crippen molar-refractivity contribution in [3.63, 3.8) is 0 Å². The first-order chi connectivity index (χ1) is 27.3. The first-order valence-electron chi connectivity index (χ1n) is 22.0. The molecule has 4 fully saturated rings. The molecule has 1 saturated heterocycles. The van der Waals surface area contributed by atoms with Gasteiger partial charge in [0.2, 0.25) is 0 Å². The van der Waals surface area contributed by atoms with Crippen molar-refractivity contribution in [3.8, 4) is 22.8 Å². The second-order valence-corrected chi connectivity index (χ2v) is 21.2. The van der Waals surface area contributed by atoms with Gasteiger partial charge in [0.25, 0.3) is 0 Å². The van der Waals surface area contributed by atoms with Crippen LogP contribution >= 0.6 is 0 Å². The van der Waals surface area contributed by atoms with Crippen LogP contribution in [0.25, 0.3) is 22.8 Å². The van der Waals surface area contributed by atoms with Crippen LogP contribution in [0.4, 0.5) is 0 Å². The van der Waals surface area contributed by atoms with Crippen LogP contribution < -0.4 is 5.73 Å². The van der Waals surface area contributed by atoms with Gasteiger partial charge in [0.15, 0.2) is 5.82 Å². The fraction of sp³-hybridized carbons (Fsp3) is 0.688. The molecular formula is C48H68N6O4. The van der Waals surface area contributed by atoms with E-state index in [1.165, 1.54) is 5.57 Å². The molecule has 12 atom stereocenters. The molecule has 3 aromatic heterocycles. The van der Waals surface area contributed by atoms with E-state index in [1.54, 1.807) is 12.5 Å². The highest BCUT2D eigenvalue weighted by Gasteiger charge is 2.72. The lowest BCUT2D eigenvalue weighted by atomic mass is 9.34. The minimum atomic E-state index is -0.632. The summed E-state index contributed by atoms with van der Waals surface area (Å²) in [6.45, 7) is 24.3. The van der Waals surface area contributed by atoms with E-state index in [4.69, 9.17) is 25.3 Å². The third-order valence-corrected chi connectivity index (χ3v) is 17.8. The van der Waals surface area contributed by atoms with E-state index >= 15 is 0 Å². The number of allylic oxidation sites excluding steroid dienone is 1. The molecule has 10 heteroatoms. The molecule has 0 spiro atoms. The zero-order valence-electron chi connectivity index (χ0n) is 36.7. The predicted octanol–water partition coefficient (Wildman–Crippen LogP) is 9.29. The van der Waals surface area contributed by atoms with Gasteiger partial charge in [-0.3, -0.25) is 14.8 Å². The summed E-state index contributed by atoms with van der Waals surface area (Å²) in [4.78, 5) is 27.8. The summed E-state index contributed by atoms with van der Waals surface area (Å²) < 4.78 is 16.2. The average Bonchev–Trinajstić information content (AvgIpc) is 3.68. The Balaban J connectivity index is 1.25. The normalized spacial score (nSPS) is 38.6. The number of hydrogen-bond acceptors (Lipinski definition) is 8. The largest absolute Gasteiger partial charge is 0.481 e. The Morgan fingerprint density at radius 1 is 1.00 bits per heavy atom. The summed E-state index contributed by atoms with van der Waals surface area (Å²) in [6, 6.07) is 9.76.